The fraction of sp³-hybridized carbons (Fsp3) is 0.474. The van der Waals surface area contributed by atoms with Crippen molar-refractivity contribution >= 4 is 5.78 Å². The van der Waals surface area contributed by atoms with Gasteiger partial charge in [-0.1, -0.05) is 0 Å². The first kappa shape index (κ1) is 16.9. The van der Waals surface area contributed by atoms with Crippen LogP contribution in [0.3, 0.4) is 0 Å². The lowest BCUT2D eigenvalue weighted by molar-refractivity contribution is -0.914. The van der Waals surface area contributed by atoms with E-state index in [4.69, 9.17) is 14.2 Å². The monoisotopic (exact) mass is 358 g/mol. The molecule has 1 aromatic heterocycles. The predicted octanol–water partition coefficient (Wildman–Crippen LogP) is 0.782. The molecule has 4 rings (SSSR count). The Labute approximate surface area is 152 Å². The first-order chi connectivity index (χ1) is 12.7. The minimum Gasteiger partial charge on any atom is -0.492 e. The van der Waals surface area contributed by atoms with E-state index in [1.807, 2.05) is 18.3 Å². The second-order valence-electron chi connectivity index (χ2n) is 6.88. The van der Waals surface area contributed by atoms with Crippen LogP contribution in [0.25, 0.3) is 0 Å². The molecule has 0 spiro atoms. The van der Waals surface area contributed by atoms with Crippen LogP contribution in [0.5, 0.6) is 17.2 Å². The number of quaternary nitrogens is 1. The molecule has 0 bridgehead atoms. The topological polar surface area (TPSA) is 67.0 Å². The molecule has 1 unspecified atom stereocenters. The van der Waals surface area contributed by atoms with Crippen molar-refractivity contribution in [3.8, 4) is 17.2 Å². The van der Waals surface area contributed by atoms with Gasteiger partial charge in [-0.15, -0.1) is 0 Å². The zero-order valence-electron chi connectivity index (χ0n) is 15.2. The van der Waals surface area contributed by atoms with E-state index in [1.54, 1.807) is 18.0 Å². The van der Waals surface area contributed by atoms with Gasteiger partial charge in [-0.05, 0) is 17.7 Å². The van der Waals surface area contributed by atoms with Gasteiger partial charge >= 0.3 is 0 Å². The third-order valence-electron chi connectivity index (χ3n) is 5.29. The first-order valence-electron chi connectivity index (χ1n) is 8.98. The first-order valence-corrected chi connectivity index (χ1v) is 8.98. The summed E-state index contributed by atoms with van der Waals surface area (Å²) in [5, 5.41) is 4.16. The molecule has 1 N–H and O–H groups in total. The maximum absolute atomic E-state index is 12.6. The number of benzene rings is 1. The average molecular weight is 358 g/mol. The van der Waals surface area contributed by atoms with Crippen molar-refractivity contribution < 1.29 is 23.9 Å². The van der Waals surface area contributed by atoms with Gasteiger partial charge in [-0.25, -0.2) is 0 Å². The second-order valence-corrected chi connectivity index (χ2v) is 6.88. The van der Waals surface area contributed by atoms with Crippen LogP contribution in [-0.4, -0.2) is 43.1 Å². The summed E-state index contributed by atoms with van der Waals surface area (Å²) in [6.45, 7) is 1.81. The molecular weight excluding hydrogens is 334 g/mol. The Kier molecular flexibility index (Phi) is 4.55. The maximum atomic E-state index is 12.6. The number of carbonyl (C=O) groups excluding carboxylic acids is 1. The van der Waals surface area contributed by atoms with Crippen LogP contribution in [-0.2, 0) is 17.8 Å². The SMILES string of the molecule is COc1c2c(cc3c1[C@H](CC(=O)CCn1cccn1)[NH+](C)CC3)OCO2. The number of rotatable bonds is 6. The highest BCUT2D eigenvalue weighted by Gasteiger charge is 2.37. The summed E-state index contributed by atoms with van der Waals surface area (Å²) in [4.78, 5) is 14.0. The van der Waals surface area contributed by atoms with Gasteiger partial charge in [0.05, 0.1) is 32.7 Å². The quantitative estimate of drug-likeness (QED) is 0.827. The van der Waals surface area contributed by atoms with Gasteiger partial charge in [0.2, 0.25) is 12.5 Å². The fourth-order valence-corrected chi connectivity index (χ4v) is 3.90. The lowest BCUT2D eigenvalue weighted by Gasteiger charge is -2.32. The van der Waals surface area contributed by atoms with Gasteiger partial charge in [0.1, 0.15) is 11.8 Å². The van der Waals surface area contributed by atoms with Crippen molar-refractivity contribution in [3.05, 3.63) is 35.7 Å². The van der Waals surface area contributed by atoms with Crippen LogP contribution in [0, 0.1) is 0 Å². The number of aromatic nitrogens is 2. The molecule has 26 heavy (non-hydrogen) atoms. The summed E-state index contributed by atoms with van der Waals surface area (Å²) in [6, 6.07) is 3.98. The number of nitrogens with one attached hydrogen (secondary N) is 1. The highest BCUT2D eigenvalue weighted by molar-refractivity contribution is 5.79. The zero-order valence-corrected chi connectivity index (χ0v) is 15.2. The molecule has 0 aliphatic carbocycles. The molecule has 0 fully saturated rings. The molecule has 2 aliphatic heterocycles. The number of likely N-dealkylation sites (N-methyl/N-ethyl adjacent to an activating group) is 1. The van der Waals surface area contributed by atoms with Crippen molar-refractivity contribution in [2.75, 3.05) is 27.5 Å². The van der Waals surface area contributed by atoms with Gasteiger partial charge in [-0.2, -0.15) is 5.10 Å². The Bertz CT molecular complexity index is 804. The molecule has 1 aromatic carbocycles. The molecule has 2 aromatic rings. The predicted molar refractivity (Wildman–Crippen MR) is 93.8 cm³/mol. The van der Waals surface area contributed by atoms with Gasteiger partial charge in [0.25, 0.3) is 0 Å². The normalized spacial score (nSPS) is 20.7. The summed E-state index contributed by atoms with van der Waals surface area (Å²) in [5.74, 6) is 2.36. The highest BCUT2D eigenvalue weighted by atomic mass is 16.7. The largest absolute Gasteiger partial charge is 0.492 e. The molecule has 3 heterocycles. The molecule has 7 heteroatoms. The summed E-state index contributed by atoms with van der Waals surface area (Å²) in [7, 11) is 3.79. The molecule has 0 saturated heterocycles. The highest BCUT2D eigenvalue weighted by Crippen LogP contribution is 2.47. The number of aryl methyl sites for hydroxylation is 1. The van der Waals surface area contributed by atoms with Crippen LogP contribution >= 0.6 is 0 Å². The number of methoxy groups -OCH3 is 1. The molecule has 2 aliphatic rings. The maximum Gasteiger partial charge on any atom is 0.231 e. The van der Waals surface area contributed by atoms with Crippen LogP contribution in [0.1, 0.15) is 30.0 Å². The van der Waals surface area contributed by atoms with Crippen LogP contribution < -0.4 is 19.1 Å². The summed E-state index contributed by atoms with van der Waals surface area (Å²) in [5.41, 5.74) is 2.29. The third kappa shape index (κ3) is 3.03. The Morgan fingerprint density at radius 2 is 2.35 bits per heavy atom. The van der Waals surface area contributed by atoms with E-state index in [0.717, 1.165) is 30.0 Å². The molecule has 0 saturated carbocycles. The number of ketones is 1. The number of hydrogen-bond acceptors (Lipinski definition) is 5. The summed E-state index contributed by atoms with van der Waals surface area (Å²) in [6.07, 6.45) is 5.51. The Hall–Kier alpha value is -2.54. The molecule has 2 atom stereocenters. The Morgan fingerprint density at radius 1 is 1.46 bits per heavy atom. The fourth-order valence-electron chi connectivity index (χ4n) is 3.90. The van der Waals surface area contributed by atoms with Crippen molar-refractivity contribution in [1.82, 2.24) is 9.78 Å². The van der Waals surface area contributed by atoms with Gasteiger partial charge in [0, 0.05) is 31.8 Å². The van der Waals surface area contributed by atoms with Crippen molar-refractivity contribution in [1.29, 1.82) is 0 Å². The number of nitrogens with zero attached hydrogens (tertiary/aromatic N) is 2. The summed E-state index contributed by atoms with van der Waals surface area (Å²) < 4.78 is 18.6. The van der Waals surface area contributed by atoms with Gasteiger partial charge < -0.3 is 19.1 Å². The number of ether oxygens (including phenoxy) is 3. The second kappa shape index (κ2) is 6.99. The van der Waals surface area contributed by atoms with Crippen LogP contribution in [0.2, 0.25) is 0 Å². The number of Topliss-reactive ketones (excluding diaryl/α,β-unsaturated/α-hetero) is 1. The molecule has 0 radical (unpaired) electrons. The smallest absolute Gasteiger partial charge is 0.231 e. The van der Waals surface area contributed by atoms with Crippen molar-refractivity contribution in [3.63, 3.8) is 0 Å². The van der Waals surface area contributed by atoms with Crippen LogP contribution in [0.4, 0.5) is 0 Å². The van der Waals surface area contributed by atoms with E-state index in [1.165, 1.54) is 10.5 Å². The molecule has 138 valence electrons. The third-order valence-corrected chi connectivity index (χ3v) is 5.29. The van der Waals surface area contributed by atoms with E-state index < -0.39 is 0 Å². The van der Waals surface area contributed by atoms with E-state index >= 15 is 0 Å². The van der Waals surface area contributed by atoms with Crippen molar-refractivity contribution in [2.24, 2.45) is 0 Å². The lowest BCUT2D eigenvalue weighted by atomic mass is 9.88. The number of fused-ring (bicyclic) bond motifs is 2. The molecule has 0 amide bonds. The summed E-state index contributed by atoms with van der Waals surface area (Å²) >= 11 is 0. The van der Waals surface area contributed by atoms with E-state index in [0.29, 0.717) is 25.1 Å². The van der Waals surface area contributed by atoms with E-state index in [9.17, 15) is 4.79 Å². The van der Waals surface area contributed by atoms with Gasteiger partial charge in [0.15, 0.2) is 11.5 Å². The number of hydrogen-bond donors (Lipinski definition) is 1. The van der Waals surface area contributed by atoms with E-state index in [-0.39, 0.29) is 18.6 Å². The van der Waals surface area contributed by atoms with E-state index in [2.05, 4.69) is 12.1 Å². The standard InChI is InChI=1S/C19H23N3O4/c1-21-8-4-13-10-16-18(26-12-25-16)19(24-2)17(13)15(21)11-14(23)5-9-22-7-3-6-20-22/h3,6-7,10,15H,4-5,8-9,11-12H2,1-2H3/p+1/t15-/m0/s1. The van der Waals surface area contributed by atoms with Gasteiger partial charge in [-0.3, -0.25) is 9.48 Å². The number of carbonyl (C=O) groups is 1. The minimum atomic E-state index is 0.0633. The van der Waals surface area contributed by atoms with Crippen molar-refractivity contribution in [2.45, 2.75) is 31.8 Å². The van der Waals surface area contributed by atoms with Crippen LogP contribution in [0.15, 0.2) is 24.5 Å². The minimum absolute atomic E-state index is 0.0633. The molecular formula is C19H24N3O4+. The average Bonchev–Trinajstić information content (AvgIpc) is 3.32. The zero-order chi connectivity index (χ0) is 18.1. The lowest BCUT2D eigenvalue weighted by Crippen LogP contribution is -3.10. The molecule has 7 nitrogen and oxygen atoms in total. The Balaban J connectivity index is 1.58. The Morgan fingerprint density at radius 3 is 3.12 bits per heavy atom.